The van der Waals surface area contributed by atoms with Gasteiger partial charge in [-0.15, -0.1) is 0 Å². The van der Waals surface area contributed by atoms with Gasteiger partial charge in [0.2, 0.25) is 0 Å². The number of alkyl halides is 2. The Kier molecular flexibility index (Phi) is 3.10. The minimum absolute atomic E-state index is 0.0266. The molecule has 1 aliphatic rings. The fourth-order valence-corrected chi connectivity index (χ4v) is 1.47. The predicted molar refractivity (Wildman–Crippen MR) is 54.8 cm³/mol. The van der Waals surface area contributed by atoms with E-state index < -0.39 is 6.43 Å². The zero-order valence-corrected chi connectivity index (χ0v) is 9.01. The van der Waals surface area contributed by atoms with Gasteiger partial charge >= 0.3 is 5.97 Å². The number of hydrogen-bond acceptors (Lipinski definition) is 2. The third-order valence-corrected chi connectivity index (χ3v) is 2.68. The van der Waals surface area contributed by atoms with Crippen LogP contribution >= 0.6 is 11.6 Å². The SMILES string of the molecule is O=C(Oc1ccc(Cl)c(C(F)F)c1)C1CC1. The maximum atomic E-state index is 12.5. The van der Waals surface area contributed by atoms with Crippen LogP contribution in [0.25, 0.3) is 0 Å². The van der Waals surface area contributed by atoms with Crippen molar-refractivity contribution >= 4 is 17.6 Å². The highest BCUT2D eigenvalue weighted by molar-refractivity contribution is 6.31. The highest BCUT2D eigenvalue weighted by Crippen LogP contribution is 2.33. The Labute approximate surface area is 96.2 Å². The van der Waals surface area contributed by atoms with E-state index in [2.05, 4.69) is 0 Å². The quantitative estimate of drug-likeness (QED) is 0.602. The molecule has 86 valence electrons. The Balaban J connectivity index is 2.15. The van der Waals surface area contributed by atoms with Gasteiger partial charge < -0.3 is 4.74 Å². The van der Waals surface area contributed by atoms with Crippen LogP contribution < -0.4 is 4.74 Å². The Morgan fingerprint density at radius 3 is 2.69 bits per heavy atom. The third kappa shape index (κ3) is 2.50. The minimum atomic E-state index is -2.67. The van der Waals surface area contributed by atoms with E-state index in [0.717, 1.165) is 18.9 Å². The number of hydrogen-bond donors (Lipinski definition) is 0. The Hall–Kier alpha value is -1.16. The van der Waals surface area contributed by atoms with Gasteiger partial charge in [0, 0.05) is 10.6 Å². The second kappa shape index (κ2) is 4.37. The van der Waals surface area contributed by atoms with Crippen LogP contribution in [0.4, 0.5) is 8.78 Å². The number of esters is 1. The van der Waals surface area contributed by atoms with Crippen LogP contribution in [-0.4, -0.2) is 5.97 Å². The van der Waals surface area contributed by atoms with Crippen LogP contribution in [-0.2, 0) is 4.79 Å². The summed E-state index contributed by atoms with van der Waals surface area (Å²) in [5.41, 5.74) is -0.317. The second-order valence-electron chi connectivity index (χ2n) is 3.68. The molecule has 0 saturated heterocycles. The molecule has 1 aromatic rings. The van der Waals surface area contributed by atoms with Crippen LogP contribution in [0.5, 0.6) is 5.75 Å². The molecular weight excluding hydrogens is 238 g/mol. The van der Waals surface area contributed by atoms with Crippen LogP contribution in [0.1, 0.15) is 24.8 Å². The summed E-state index contributed by atoms with van der Waals surface area (Å²) in [5, 5.41) is -0.0266. The fraction of sp³-hybridized carbons (Fsp3) is 0.364. The molecule has 2 rings (SSSR count). The van der Waals surface area contributed by atoms with Gasteiger partial charge in [-0.25, -0.2) is 8.78 Å². The summed E-state index contributed by atoms with van der Waals surface area (Å²) in [4.78, 5) is 11.3. The van der Waals surface area contributed by atoms with E-state index in [1.54, 1.807) is 0 Å². The average molecular weight is 247 g/mol. The molecule has 0 heterocycles. The van der Waals surface area contributed by atoms with Gasteiger partial charge in [-0.2, -0.15) is 0 Å². The van der Waals surface area contributed by atoms with Crippen molar-refractivity contribution in [2.75, 3.05) is 0 Å². The molecule has 0 aliphatic heterocycles. The summed E-state index contributed by atoms with van der Waals surface area (Å²) in [7, 11) is 0. The lowest BCUT2D eigenvalue weighted by Crippen LogP contribution is -2.09. The van der Waals surface area contributed by atoms with Crippen molar-refractivity contribution in [2.24, 2.45) is 5.92 Å². The van der Waals surface area contributed by atoms with E-state index in [1.165, 1.54) is 12.1 Å². The average Bonchev–Trinajstić information content (AvgIpc) is 3.03. The highest BCUT2D eigenvalue weighted by Gasteiger charge is 2.31. The molecule has 5 heteroatoms. The summed E-state index contributed by atoms with van der Waals surface area (Å²) >= 11 is 5.58. The number of carbonyl (C=O) groups excluding carboxylic acids is 1. The van der Waals surface area contributed by atoms with Crippen molar-refractivity contribution in [2.45, 2.75) is 19.3 Å². The first-order chi connectivity index (χ1) is 7.58. The fourth-order valence-electron chi connectivity index (χ4n) is 1.27. The van der Waals surface area contributed by atoms with Crippen molar-refractivity contribution < 1.29 is 18.3 Å². The summed E-state index contributed by atoms with van der Waals surface area (Å²) in [6.07, 6.45) is -1.05. The number of ether oxygens (including phenoxy) is 1. The molecule has 0 spiro atoms. The molecule has 1 aromatic carbocycles. The summed E-state index contributed by atoms with van der Waals surface area (Å²) in [6, 6.07) is 3.82. The number of halogens is 3. The molecule has 1 fully saturated rings. The number of rotatable bonds is 3. The summed E-state index contributed by atoms with van der Waals surface area (Å²) in [5.74, 6) is -0.301. The summed E-state index contributed by atoms with van der Waals surface area (Å²) in [6.45, 7) is 0. The molecule has 0 bridgehead atoms. The van der Waals surface area contributed by atoms with Crippen molar-refractivity contribution in [1.29, 1.82) is 0 Å². The van der Waals surface area contributed by atoms with Gasteiger partial charge in [-0.3, -0.25) is 4.79 Å². The summed E-state index contributed by atoms with van der Waals surface area (Å²) < 4.78 is 29.9. The second-order valence-corrected chi connectivity index (χ2v) is 4.09. The zero-order chi connectivity index (χ0) is 11.7. The molecular formula is C11H9ClF2O2. The molecule has 0 amide bonds. The molecule has 0 N–H and O–H groups in total. The molecule has 1 aliphatic carbocycles. The number of carbonyl (C=O) groups is 1. The lowest BCUT2D eigenvalue weighted by Gasteiger charge is -2.07. The van der Waals surface area contributed by atoms with Gasteiger partial charge in [0.25, 0.3) is 6.43 Å². The van der Waals surface area contributed by atoms with Crippen molar-refractivity contribution in [1.82, 2.24) is 0 Å². The lowest BCUT2D eigenvalue weighted by molar-refractivity contribution is -0.135. The molecule has 2 nitrogen and oxygen atoms in total. The first kappa shape index (κ1) is 11.3. The highest BCUT2D eigenvalue weighted by atomic mass is 35.5. The maximum Gasteiger partial charge on any atom is 0.314 e. The topological polar surface area (TPSA) is 26.3 Å². The van der Waals surface area contributed by atoms with Crippen molar-refractivity contribution in [3.05, 3.63) is 28.8 Å². The standard InChI is InChI=1S/C11H9ClF2O2/c12-9-4-3-7(5-8(9)10(13)14)16-11(15)6-1-2-6/h3-6,10H,1-2H2. The van der Waals surface area contributed by atoms with Gasteiger partial charge in [-0.05, 0) is 31.0 Å². The van der Waals surface area contributed by atoms with Gasteiger partial charge in [-0.1, -0.05) is 11.6 Å². The van der Waals surface area contributed by atoms with Gasteiger partial charge in [0.15, 0.2) is 0 Å². The van der Waals surface area contributed by atoms with E-state index in [9.17, 15) is 13.6 Å². The smallest absolute Gasteiger partial charge is 0.314 e. The Morgan fingerprint density at radius 2 is 2.12 bits per heavy atom. The normalized spacial score (nSPS) is 15.2. The van der Waals surface area contributed by atoms with E-state index >= 15 is 0 Å². The predicted octanol–water partition coefficient (Wildman–Crippen LogP) is 3.59. The Bertz CT molecular complexity index is 416. The molecule has 16 heavy (non-hydrogen) atoms. The molecule has 0 radical (unpaired) electrons. The Morgan fingerprint density at radius 1 is 1.44 bits per heavy atom. The van der Waals surface area contributed by atoms with E-state index in [1.807, 2.05) is 0 Å². The first-order valence-corrected chi connectivity index (χ1v) is 5.25. The number of benzene rings is 1. The van der Waals surface area contributed by atoms with Crippen molar-refractivity contribution in [3.8, 4) is 5.75 Å². The van der Waals surface area contributed by atoms with Crippen LogP contribution in [0.15, 0.2) is 18.2 Å². The zero-order valence-electron chi connectivity index (χ0n) is 8.25. The monoisotopic (exact) mass is 246 g/mol. The van der Waals surface area contributed by atoms with Crippen molar-refractivity contribution in [3.63, 3.8) is 0 Å². The van der Waals surface area contributed by atoms with E-state index in [-0.39, 0.29) is 28.2 Å². The minimum Gasteiger partial charge on any atom is -0.426 e. The largest absolute Gasteiger partial charge is 0.426 e. The lowest BCUT2D eigenvalue weighted by atomic mass is 10.2. The first-order valence-electron chi connectivity index (χ1n) is 4.87. The van der Waals surface area contributed by atoms with Gasteiger partial charge in [0.1, 0.15) is 5.75 Å². The van der Waals surface area contributed by atoms with Crippen LogP contribution in [0.2, 0.25) is 5.02 Å². The molecule has 0 unspecified atom stereocenters. The van der Waals surface area contributed by atoms with Crippen LogP contribution in [0, 0.1) is 5.92 Å². The van der Waals surface area contributed by atoms with E-state index in [0.29, 0.717) is 0 Å². The van der Waals surface area contributed by atoms with Gasteiger partial charge in [0.05, 0.1) is 5.92 Å². The third-order valence-electron chi connectivity index (χ3n) is 2.33. The van der Waals surface area contributed by atoms with Crippen LogP contribution in [0.3, 0.4) is 0 Å². The van der Waals surface area contributed by atoms with E-state index in [4.69, 9.17) is 16.3 Å². The molecule has 0 atom stereocenters. The maximum absolute atomic E-state index is 12.5. The molecule has 1 saturated carbocycles. The molecule has 0 aromatic heterocycles.